The Labute approximate surface area is 269 Å². The molecule has 0 saturated heterocycles. The largest absolute Gasteiger partial charge is 0.340 e. The molecule has 0 fully saturated rings. The van der Waals surface area contributed by atoms with Crippen molar-refractivity contribution in [3.05, 3.63) is 125 Å². The topological polar surface area (TPSA) is 30.7 Å². The van der Waals surface area contributed by atoms with Crippen LogP contribution in [0, 0.1) is 39.8 Å². The third-order valence-electron chi connectivity index (χ3n) is 8.75. The van der Waals surface area contributed by atoms with Gasteiger partial charge in [-0.05, 0) is 78.1 Å². The molecule has 1 radical (unpaired) electrons. The fourth-order valence-electron chi connectivity index (χ4n) is 7.42. The molecular weight excluding hydrogens is 703 g/mol. The van der Waals surface area contributed by atoms with E-state index in [1.165, 1.54) is 56.3 Å². The molecule has 2 heterocycles. The van der Waals surface area contributed by atoms with Crippen LogP contribution in [0.5, 0.6) is 0 Å². The fourth-order valence-corrected chi connectivity index (χ4v) is 7.42. The number of pyridine rings is 1. The molecule has 0 spiro atoms. The number of aryl methyl sites for hydroxylation is 4. The first kappa shape index (κ1) is 30.9. The van der Waals surface area contributed by atoms with Crippen LogP contribution in [0.3, 0.4) is 0 Å². The quantitative estimate of drug-likeness (QED) is 0.131. The van der Waals surface area contributed by atoms with Crippen molar-refractivity contribution in [2.45, 2.75) is 72.6 Å². The van der Waals surface area contributed by atoms with Gasteiger partial charge in [-0.1, -0.05) is 57.0 Å². The summed E-state index contributed by atoms with van der Waals surface area (Å²) in [6.45, 7) is 18.0. The normalized spacial score (nSPS) is 14.6. The minimum Gasteiger partial charge on any atom is -0.340 e. The minimum atomic E-state index is 0. The van der Waals surface area contributed by atoms with Crippen molar-refractivity contribution in [3.63, 3.8) is 0 Å². The smallest absolute Gasteiger partial charge is 0.0602 e. The molecule has 0 amide bonds. The summed E-state index contributed by atoms with van der Waals surface area (Å²) >= 11 is 0. The molecule has 0 bridgehead atoms. The van der Waals surface area contributed by atoms with Crippen LogP contribution in [0.25, 0.3) is 38.8 Å². The summed E-state index contributed by atoms with van der Waals surface area (Å²) in [4.78, 5) is 9.35. The van der Waals surface area contributed by atoms with Crippen molar-refractivity contribution in [1.82, 2.24) is 14.5 Å². The number of benzene rings is 4. The van der Waals surface area contributed by atoms with Crippen molar-refractivity contribution in [3.8, 4) is 17.1 Å². The molecule has 4 aromatic carbocycles. The summed E-state index contributed by atoms with van der Waals surface area (Å²) in [6, 6.07) is 27.6. The summed E-state index contributed by atoms with van der Waals surface area (Å²) in [5.74, 6) is 0.931. The van der Waals surface area contributed by atoms with Crippen LogP contribution >= 0.6 is 0 Å². The van der Waals surface area contributed by atoms with Gasteiger partial charge in [0.25, 0.3) is 0 Å². The molecule has 221 valence electrons. The van der Waals surface area contributed by atoms with E-state index in [9.17, 15) is 0 Å². The van der Waals surface area contributed by atoms with E-state index in [1.54, 1.807) is 0 Å². The molecule has 3 nitrogen and oxygen atoms in total. The first-order chi connectivity index (χ1) is 20.0. The molecule has 0 N–H and O–H groups in total. The van der Waals surface area contributed by atoms with Crippen LogP contribution in [-0.4, -0.2) is 14.5 Å². The van der Waals surface area contributed by atoms with E-state index in [1.807, 2.05) is 42.7 Å². The van der Waals surface area contributed by atoms with Gasteiger partial charge in [-0.3, -0.25) is 4.98 Å². The van der Waals surface area contributed by atoms with Gasteiger partial charge in [0.2, 0.25) is 0 Å². The van der Waals surface area contributed by atoms with E-state index in [0.717, 1.165) is 22.3 Å². The van der Waals surface area contributed by atoms with E-state index in [4.69, 9.17) is 4.98 Å². The Morgan fingerprint density at radius 3 is 2.19 bits per heavy atom. The average molecular weight is 742 g/mol. The number of rotatable bonds is 2. The summed E-state index contributed by atoms with van der Waals surface area (Å²) < 4.78 is 2.15. The maximum absolute atomic E-state index is 4.85. The third-order valence-corrected chi connectivity index (χ3v) is 8.75. The minimum absolute atomic E-state index is 0. The van der Waals surface area contributed by atoms with E-state index in [-0.39, 0.29) is 30.9 Å². The number of nitrogens with zero attached hydrogens (tertiary/aromatic N) is 3. The summed E-state index contributed by atoms with van der Waals surface area (Å²) in [6.07, 6.45) is 7.14. The molecule has 1 aliphatic carbocycles. The van der Waals surface area contributed by atoms with Crippen LogP contribution in [0.2, 0.25) is 0 Å². The van der Waals surface area contributed by atoms with Crippen molar-refractivity contribution in [1.29, 1.82) is 0 Å². The maximum Gasteiger partial charge on any atom is 0.0602 e. The second-order valence-electron chi connectivity index (χ2n) is 13.2. The summed E-state index contributed by atoms with van der Waals surface area (Å²) in [5, 5.41) is 3.74. The van der Waals surface area contributed by atoms with Crippen LogP contribution in [0.15, 0.2) is 79.3 Å². The van der Waals surface area contributed by atoms with E-state index < -0.39 is 0 Å². The Hall–Kier alpha value is -3.59. The van der Waals surface area contributed by atoms with E-state index in [2.05, 4.69) is 114 Å². The van der Waals surface area contributed by atoms with E-state index >= 15 is 0 Å². The number of imidazole rings is 1. The van der Waals surface area contributed by atoms with E-state index in [0.29, 0.717) is 0 Å². The Morgan fingerprint density at radius 1 is 0.767 bits per heavy atom. The zero-order valence-corrected chi connectivity index (χ0v) is 28.8. The number of hydrogen-bond acceptors (Lipinski definition) is 2. The molecule has 0 atom stereocenters. The maximum atomic E-state index is 4.85. The third kappa shape index (κ3) is 5.48. The van der Waals surface area contributed by atoms with Crippen molar-refractivity contribution < 1.29 is 20.1 Å². The molecule has 1 aliphatic rings. The van der Waals surface area contributed by atoms with Gasteiger partial charge < -0.3 is 9.55 Å². The molecule has 0 unspecified atom stereocenters. The van der Waals surface area contributed by atoms with Gasteiger partial charge in [0, 0.05) is 44.4 Å². The van der Waals surface area contributed by atoms with Gasteiger partial charge in [-0.25, -0.2) is 0 Å². The summed E-state index contributed by atoms with van der Waals surface area (Å²) in [5.41, 5.74) is 11.7. The molecule has 43 heavy (non-hydrogen) atoms. The molecule has 0 saturated carbocycles. The monoisotopic (exact) mass is 742 g/mol. The van der Waals surface area contributed by atoms with Crippen LogP contribution in [0.1, 0.15) is 67.5 Å². The molecular formula is C39H39IrN3-2. The Balaban J connectivity index is 0.000000168. The van der Waals surface area contributed by atoms with Gasteiger partial charge in [0.05, 0.1) is 5.82 Å². The van der Waals surface area contributed by atoms with Crippen LogP contribution in [0.4, 0.5) is 0 Å². The Bertz CT molecular complexity index is 1920. The predicted molar refractivity (Wildman–Crippen MR) is 176 cm³/mol. The standard InChI is InChI=1S/C21H22N.C18H17N2.Ir/c1-13-10-16-18-17(20(2,3)12-21(18,4)5)11-22-19(16)15-9-7-6-8-14(13)15;1-13-11-14(2)17(15(3)12-13)20-10-9-19-18(20)16-7-5-4-6-8-16;/h6-8,10-11H,12H2,1-5H3;4-7,9-12H,1-3H3;/q2*-1;. The first-order valence-corrected chi connectivity index (χ1v) is 14.8. The summed E-state index contributed by atoms with van der Waals surface area (Å²) in [7, 11) is 0. The number of fused-ring (bicyclic) bond motifs is 5. The second kappa shape index (κ2) is 11.5. The zero-order valence-electron chi connectivity index (χ0n) is 26.4. The number of aromatic nitrogens is 3. The second-order valence-corrected chi connectivity index (χ2v) is 13.2. The van der Waals surface area contributed by atoms with Crippen molar-refractivity contribution in [2.24, 2.45) is 0 Å². The predicted octanol–water partition coefficient (Wildman–Crippen LogP) is 9.72. The average Bonchev–Trinajstić information content (AvgIpc) is 3.48. The van der Waals surface area contributed by atoms with Crippen molar-refractivity contribution >= 4 is 21.7 Å². The molecule has 2 aromatic heterocycles. The molecule has 0 aliphatic heterocycles. The van der Waals surface area contributed by atoms with Crippen LogP contribution in [-0.2, 0) is 30.9 Å². The molecule has 6 aromatic rings. The first-order valence-electron chi connectivity index (χ1n) is 14.8. The van der Waals surface area contributed by atoms with Gasteiger partial charge in [0.15, 0.2) is 0 Å². The van der Waals surface area contributed by atoms with Gasteiger partial charge in [-0.15, -0.1) is 70.9 Å². The van der Waals surface area contributed by atoms with Gasteiger partial charge >= 0.3 is 0 Å². The fraction of sp³-hybridized carbons (Fsp3) is 0.282. The Kier molecular flexibility index (Phi) is 8.24. The Morgan fingerprint density at radius 2 is 1.49 bits per heavy atom. The van der Waals surface area contributed by atoms with Gasteiger partial charge in [-0.2, -0.15) is 0 Å². The van der Waals surface area contributed by atoms with Crippen LogP contribution < -0.4 is 0 Å². The zero-order chi connectivity index (χ0) is 29.8. The van der Waals surface area contributed by atoms with Gasteiger partial charge in [0.1, 0.15) is 0 Å². The van der Waals surface area contributed by atoms with Crippen molar-refractivity contribution in [2.75, 3.05) is 0 Å². The SMILES string of the molecule is Cc1cc(C)c(-n2ccnc2-c2[c-]cccc2)c(C)c1.Cc1cc2c3c(cnc2c2[c-]cccc12)C(C)(C)CC3(C)C.[Ir]. The molecule has 7 rings (SSSR count). The molecule has 4 heteroatoms. The number of hydrogen-bond donors (Lipinski definition) is 0.